The second-order valence-electron chi connectivity index (χ2n) is 4.90. The summed E-state index contributed by atoms with van der Waals surface area (Å²) in [5.41, 5.74) is 0.467. The van der Waals surface area contributed by atoms with Crippen molar-refractivity contribution < 1.29 is 13.2 Å². The van der Waals surface area contributed by atoms with Crippen molar-refractivity contribution in [3.63, 3.8) is 0 Å². The second-order valence-corrected chi connectivity index (χ2v) is 4.90. The summed E-state index contributed by atoms with van der Waals surface area (Å²) in [6.07, 6.45) is -1.51. The van der Waals surface area contributed by atoms with E-state index < -0.39 is 11.9 Å². The molecule has 0 spiro atoms. The molecule has 1 atom stereocenters. The van der Waals surface area contributed by atoms with Crippen molar-refractivity contribution in [3.8, 4) is 11.5 Å². The van der Waals surface area contributed by atoms with Gasteiger partial charge in [-0.05, 0) is 25.5 Å². The number of alkyl halides is 3. The average Bonchev–Trinajstić information content (AvgIpc) is 3.08. The maximum Gasteiger partial charge on any atom is 0.432 e. The zero-order valence-corrected chi connectivity index (χ0v) is 11.8. The van der Waals surface area contributed by atoms with Crippen LogP contribution in [-0.4, -0.2) is 33.3 Å². The molecule has 2 aromatic rings. The van der Waals surface area contributed by atoms with E-state index in [-0.39, 0.29) is 18.2 Å². The van der Waals surface area contributed by atoms with Crippen LogP contribution in [0.1, 0.15) is 30.1 Å². The van der Waals surface area contributed by atoms with Crippen LogP contribution in [0.5, 0.6) is 0 Å². The minimum Gasteiger partial charge on any atom is -0.333 e. The standard InChI is InChI=1S/C12H14F3N5.ClH/c13-12(14,15)10-6-17-11(18-10)9-4-8(19-20-9)7-2-1-3-16-5-7;/h4,6-7,16H,1-3,5H2,(H,17,18)(H,19,20);1H/t7-;/m0./s1. The van der Waals surface area contributed by atoms with E-state index in [0.717, 1.165) is 37.8 Å². The average molecular weight is 322 g/mol. The van der Waals surface area contributed by atoms with Crippen LogP contribution >= 0.6 is 12.4 Å². The van der Waals surface area contributed by atoms with Crippen molar-refractivity contribution >= 4 is 12.4 Å². The van der Waals surface area contributed by atoms with E-state index in [2.05, 4.69) is 25.5 Å². The Labute approximate surface area is 125 Å². The number of piperidine rings is 1. The van der Waals surface area contributed by atoms with Crippen LogP contribution in [0.15, 0.2) is 12.3 Å². The summed E-state index contributed by atoms with van der Waals surface area (Å²) >= 11 is 0. The van der Waals surface area contributed by atoms with Crippen molar-refractivity contribution in [2.45, 2.75) is 24.9 Å². The number of imidazole rings is 1. The highest BCUT2D eigenvalue weighted by molar-refractivity contribution is 5.85. The Kier molecular flexibility index (Phi) is 4.58. The number of nitrogens with one attached hydrogen (secondary N) is 3. The second kappa shape index (κ2) is 6.07. The van der Waals surface area contributed by atoms with Gasteiger partial charge in [0.2, 0.25) is 0 Å². The fourth-order valence-electron chi connectivity index (χ4n) is 2.38. The van der Waals surface area contributed by atoms with Crippen LogP contribution in [0.25, 0.3) is 11.5 Å². The van der Waals surface area contributed by atoms with E-state index in [1.807, 2.05) is 0 Å². The monoisotopic (exact) mass is 321 g/mol. The normalized spacial score (nSPS) is 19.3. The Bertz CT molecular complexity index is 586. The van der Waals surface area contributed by atoms with Gasteiger partial charge in [0.15, 0.2) is 5.82 Å². The number of hydrogen-bond donors (Lipinski definition) is 3. The highest BCUT2D eigenvalue weighted by Gasteiger charge is 2.33. The molecule has 3 N–H and O–H groups in total. The fourth-order valence-corrected chi connectivity index (χ4v) is 2.38. The number of H-pyrrole nitrogens is 2. The minimum atomic E-state index is -4.42. The third kappa shape index (κ3) is 3.38. The van der Waals surface area contributed by atoms with Crippen LogP contribution in [-0.2, 0) is 6.18 Å². The predicted octanol–water partition coefficient (Wildman–Crippen LogP) is 2.71. The molecule has 0 amide bonds. The van der Waals surface area contributed by atoms with Crippen LogP contribution < -0.4 is 5.32 Å². The largest absolute Gasteiger partial charge is 0.432 e. The Morgan fingerprint density at radius 1 is 1.29 bits per heavy atom. The zero-order valence-electron chi connectivity index (χ0n) is 11.0. The number of aromatic nitrogens is 4. The lowest BCUT2D eigenvalue weighted by molar-refractivity contribution is -0.140. The summed E-state index contributed by atoms with van der Waals surface area (Å²) < 4.78 is 37.5. The van der Waals surface area contributed by atoms with Gasteiger partial charge in [-0.3, -0.25) is 5.10 Å². The van der Waals surface area contributed by atoms with Gasteiger partial charge in [0.1, 0.15) is 11.4 Å². The van der Waals surface area contributed by atoms with Gasteiger partial charge in [-0.1, -0.05) is 0 Å². The minimum absolute atomic E-state index is 0. The first-order valence-electron chi connectivity index (χ1n) is 6.42. The molecule has 3 rings (SSSR count). The van der Waals surface area contributed by atoms with Crippen LogP contribution in [0.3, 0.4) is 0 Å². The van der Waals surface area contributed by atoms with E-state index in [1.54, 1.807) is 6.07 Å². The SMILES string of the molecule is Cl.FC(F)(F)c1cnc(-c2cc([C@H]3CCCNC3)[nH]n2)[nH]1. The molecule has 0 saturated carbocycles. The number of rotatable bonds is 2. The van der Waals surface area contributed by atoms with Crippen molar-refractivity contribution in [1.82, 2.24) is 25.5 Å². The first-order chi connectivity index (χ1) is 9.54. The molecule has 0 aromatic carbocycles. The van der Waals surface area contributed by atoms with Gasteiger partial charge in [0, 0.05) is 18.2 Å². The molecule has 0 radical (unpaired) electrons. The highest BCUT2D eigenvalue weighted by atomic mass is 35.5. The smallest absolute Gasteiger partial charge is 0.333 e. The maximum atomic E-state index is 12.5. The fraction of sp³-hybridized carbons (Fsp3) is 0.500. The molecule has 21 heavy (non-hydrogen) atoms. The van der Waals surface area contributed by atoms with Crippen LogP contribution in [0.4, 0.5) is 13.2 Å². The van der Waals surface area contributed by atoms with Crippen molar-refractivity contribution in [1.29, 1.82) is 0 Å². The predicted molar refractivity (Wildman–Crippen MR) is 73.3 cm³/mol. The van der Waals surface area contributed by atoms with E-state index >= 15 is 0 Å². The summed E-state index contributed by atoms with van der Waals surface area (Å²) in [6, 6.07) is 1.76. The summed E-state index contributed by atoms with van der Waals surface area (Å²) in [5.74, 6) is 0.450. The van der Waals surface area contributed by atoms with Gasteiger partial charge in [-0.15, -0.1) is 12.4 Å². The van der Waals surface area contributed by atoms with Gasteiger partial charge in [-0.2, -0.15) is 18.3 Å². The van der Waals surface area contributed by atoms with Crippen LogP contribution in [0, 0.1) is 0 Å². The third-order valence-electron chi connectivity index (χ3n) is 3.46. The summed E-state index contributed by atoms with van der Waals surface area (Å²) in [7, 11) is 0. The Hall–Kier alpha value is -1.54. The lowest BCUT2D eigenvalue weighted by Gasteiger charge is -2.21. The van der Waals surface area contributed by atoms with Gasteiger partial charge in [0.05, 0.1) is 6.20 Å². The van der Waals surface area contributed by atoms with Crippen molar-refractivity contribution in [2.24, 2.45) is 0 Å². The lowest BCUT2D eigenvalue weighted by Crippen LogP contribution is -2.28. The topological polar surface area (TPSA) is 69.4 Å². The highest BCUT2D eigenvalue weighted by Crippen LogP contribution is 2.30. The van der Waals surface area contributed by atoms with E-state index in [4.69, 9.17) is 0 Å². The molecule has 5 nitrogen and oxygen atoms in total. The summed E-state index contributed by atoms with van der Waals surface area (Å²) in [5, 5.41) is 10.2. The van der Waals surface area contributed by atoms with E-state index in [1.165, 1.54) is 0 Å². The molecular weight excluding hydrogens is 307 g/mol. The van der Waals surface area contributed by atoms with Crippen molar-refractivity contribution in [3.05, 3.63) is 23.7 Å². The molecule has 0 aliphatic carbocycles. The number of aromatic amines is 2. The molecule has 2 aromatic heterocycles. The zero-order chi connectivity index (χ0) is 14.2. The molecule has 1 saturated heterocycles. The molecule has 9 heteroatoms. The maximum absolute atomic E-state index is 12.5. The lowest BCUT2D eigenvalue weighted by atomic mass is 9.96. The molecule has 1 aliphatic heterocycles. The Morgan fingerprint density at radius 2 is 2.10 bits per heavy atom. The van der Waals surface area contributed by atoms with Gasteiger partial charge in [0.25, 0.3) is 0 Å². The Balaban J connectivity index is 0.00000161. The van der Waals surface area contributed by atoms with E-state index in [9.17, 15) is 13.2 Å². The van der Waals surface area contributed by atoms with E-state index in [0.29, 0.717) is 11.6 Å². The molecular formula is C12H15ClF3N5. The number of hydrogen-bond acceptors (Lipinski definition) is 3. The molecule has 1 fully saturated rings. The third-order valence-corrected chi connectivity index (χ3v) is 3.46. The number of halogens is 4. The Morgan fingerprint density at radius 3 is 2.71 bits per heavy atom. The molecule has 1 aliphatic rings. The van der Waals surface area contributed by atoms with Crippen molar-refractivity contribution in [2.75, 3.05) is 13.1 Å². The molecule has 0 bridgehead atoms. The van der Waals surface area contributed by atoms with Gasteiger partial charge in [-0.25, -0.2) is 4.98 Å². The van der Waals surface area contributed by atoms with Gasteiger partial charge >= 0.3 is 6.18 Å². The quantitative estimate of drug-likeness (QED) is 0.796. The first-order valence-corrected chi connectivity index (χ1v) is 6.42. The summed E-state index contributed by atoms with van der Waals surface area (Å²) in [4.78, 5) is 5.99. The first kappa shape index (κ1) is 15.8. The van der Waals surface area contributed by atoms with Crippen LogP contribution in [0.2, 0.25) is 0 Å². The number of nitrogens with zero attached hydrogens (tertiary/aromatic N) is 2. The molecule has 3 heterocycles. The summed E-state index contributed by atoms with van der Waals surface area (Å²) in [6.45, 7) is 1.86. The molecule has 116 valence electrons. The van der Waals surface area contributed by atoms with Gasteiger partial charge < -0.3 is 10.3 Å². The molecule has 0 unspecified atom stereocenters.